The average Bonchev–Trinajstić information content (AvgIpc) is 3.91. The first-order valence-electron chi connectivity index (χ1n) is 17.4. The minimum absolute atomic E-state index is 0.121. The second-order valence-electron chi connectivity index (χ2n) is 14.0. The molecule has 0 saturated heterocycles. The molecule has 0 spiro atoms. The smallest absolute Gasteiger partial charge is 0.137 e. The maximum atomic E-state index is 5.05. The molecule has 0 fully saturated rings. The molecular formula is C42H34N10. The largest absolute Gasteiger partial charge is 0.304 e. The van der Waals surface area contributed by atoms with Gasteiger partial charge in [-0.1, -0.05) is 92.7 Å². The predicted molar refractivity (Wildman–Crippen MR) is 206 cm³/mol. The van der Waals surface area contributed by atoms with Gasteiger partial charge in [0.15, 0.2) is 0 Å². The standard InChI is InChI=1S/C42H34N10/c1-42(2)30-17-10-9-15-29(30)36-27(16-11-18-31(36)42)28-22-24-35(41-38(28)45-51(5)48-41)52(33-20-12-19-32-39(33)46-49(3)43-32)34-23-21-26(25-13-7-6-8-14-25)37-40(34)47-50(4)44-37/h6-24H,1-5H3. The van der Waals surface area contributed by atoms with Gasteiger partial charge in [-0.05, 0) is 69.8 Å². The van der Waals surface area contributed by atoms with Crippen LogP contribution in [-0.2, 0) is 26.6 Å². The Balaban J connectivity index is 1.26. The zero-order valence-corrected chi connectivity index (χ0v) is 29.4. The SMILES string of the molecule is Cn1nc2cccc(N(c3ccc(-c4ccccc4)c4nn(C)nc34)c3ccc(-c4cccc5c4-c4ccccc4C5(C)C)c4nn(C)nc34)c2n1. The van der Waals surface area contributed by atoms with Gasteiger partial charge in [-0.25, -0.2) is 0 Å². The monoisotopic (exact) mass is 678 g/mol. The van der Waals surface area contributed by atoms with Crippen LogP contribution in [0.3, 0.4) is 0 Å². The Bertz CT molecular complexity index is 2880. The summed E-state index contributed by atoms with van der Waals surface area (Å²) in [5.74, 6) is 0. The lowest BCUT2D eigenvalue weighted by Gasteiger charge is -2.26. The van der Waals surface area contributed by atoms with Crippen LogP contribution in [0.5, 0.6) is 0 Å². The highest BCUT2D eigenvalue weighted by atomic mass is 15.5. The fourth-order valence-corrected chi connectivity index (χ4v) is 8.16. The van der Waals surface area contributed by atoms with Crippen molar-refractivity contribution in [2.24, 2.45) is 21.1 Å². The zero-order valence-electron chi connectivity index (χ0n) is 29.4. The van der Waals surface area contributed by atoms with Crippen LogP contribution < -0.4 is 4.90 Å². The zero-order chi connectivity index (χ0) is 35.3. The molecule has 3 heterocycles. The molecule has 0 radical (unpaired) electrons. The summed E-state index contributed by atoms with van der Waals surface area (Å²) < 4.78 is 0. The third kappa shape index (κ3) is 4.30. The number of aryl methyl sites for hydroxylation is 3. The number of aromatic nitrogens is 9. The minimum atomic E-state index is -0.121. The van der Waals surface area contributed by atoms with Crippen LogP contribution in [0.2, 0.25) is 0 Å². The topological polar surface area (TPSA) is 95.4 Å². The van der Waals surface area contributed by atoms with Crippen LogP contribution in [-0.4, -0.2) is 45.0 Å². The summed E-state index contributed by atoms with van der Waals surface area (Å²) in [7, 11) is 5.58. The molecule has 3 aromatic heterocycles. The lowest BCUT2D eigenvalue weighted by atomic mass is 9.82. The van der Waals surface area contributed by atoms with E-state index in [4.69, 9.17) is 25.5 Å². The summed E-state index contributed by atoms with van der Waals surface area (Å²) in [5, 5.41) is 29.4. The molecule has 0 unspecified atom stereocenters. The molecule has 1 aliphatic rings. The highest BCUT2D eigenvalue weighted by Gasteiger charge is 2.37. The molecule has 1 aliphatic carbocycles. The quantitative estimate of drug-likeness (QED) is 0.180. The van der Waals surface area contributed by atoms with Gasteiger partial charge < -0.3 is 4.90 Å². The Morgan fingerprint density at radius 2 is 0.962 bits per heavy atom. The van der Waals surface area contributed by atoms with Crippen molar-refractivity contribution in [2.45, 2.75) is 19.3 Å². The summed E-state index contributed by atoms with van der Waals surface area (Å²) in [4.78, 5) is 7.10. The molecule has 0 atom stereocenters. The fraction of sp³-hybridized carbons (Fsp3) is 0.143. The van der Waals surface area contributed by atoms with E-state index in [-0.39, 0.29) is 5.41 Å². The summed E-state index contributed by atoms with van der Waals surface area (Å²) in [6.45, 7) is 4.62. The molecule has 0 N–H and O–H groups in total. The third-order valence-electron chi connectivity index (χ3n) is 10.4. The molecule has 10 rings (SSSR count). The molecule has 10 heteroatoms. The van der Waals surface area contributed by atoms with Crippen LogP contribution in [0.15, 0.2) is 115 Å². The van der Waals surface area contributed by atoms with E-state index in [2.05, 4.69) is 109 Å². The van der Waals surface area contributed by atoms with Crippen LogP contribution in [0.1, 0.15) is 25.0 Å². The van der Waals surface area contributed by atoms with Gasteiger partial charge in [0.2, 0.25) is 0 Å². The Morgan fingerprint density at radius 1 is 0.423 bits per heavy atom. The van der Waals surface area contributed by atoms with Gasteiger partial charge >= 0.3 is 0 Å². The summed E-state index contributed by atoms with van der Waals surface area (Å²) in [5.41, 5.74) is 16.5. The van der Waals surface area contributed by atoms with Crippen LogP contribution >= 0.6 is 0 Å². The first-order valence-corrected chi connectivity index (χ1v) is 17.4. The summed E-state index contributed by atoms with van der Waals surface area (Å²) in [6.07, 6.45) is 0. The van der Waals surface area contributed by atoms with Crippen molar-refractivity contribution in [3.8, 4) is 33.4 Å². The van der Waals surface area contributed by atoms with E-state index >= 15 is 0 Å². The van der Waals surface area contributed by atoms with Crippen molar-refractivity contribution in [2.75, 3.05) is 4.90 Å². The maximum absolute atomic E-state index is 5.05. The summed E-state index contributed by atoms with van der Waals surface area (Å²) in [6, 6.07) is 40.3. The molecule has 52 heavy (non-hydrogen) atoms. The number of nitrogens with zero attached hydrogens (tertiary/aromatic N) is 10. The van der Waals surface area contributed by atoms with Crippen LogP contribution in [0, 0.1) is 0 Å². The second-order valence-corrected chi connectivity index (χ2v) is 14.0. The molecule has 0 amide bonds. The second kappa shape index (κ2) is 10.9. The highest BCUT2D eigenvalue weighted by Crippen LogP contribution is 2.53. The first kappa shape index (κ1) is 30.2. The number of benzene rings is 6. The van der Waals surface area contributed by atoms with Gasteiger partial charge in [-0.15, -0.1) is 0 Å². The normalized spacial score (nSPS) is 13.2. The van der Waals surface area contributed by atoms with Crippen molar-refractivity contribution in [1.82, 2.24) is 45.0 Å². The van der Waals surface area contributed by atoms with Crippen LogP contribution in [0.25, 0.3) is 66.5 Å². The van der Waals surface area contributed by atoms with Crippen molar-refractivity contribution in [1.29, 1.82) is 0 Å². The van der Waals surface area contributed by atoms with Gasteiger partial charge in [0, 0.05) is 37.7 Å². The molecule has 10 nitrogen and oxygen atoms in total. The van der Waals surface area contributed by atoms with Crippen molar-refractivity contribution in [3.05, 3.63) is 126 Å². The Morgan fingerprint density at radius 3 is 1.71 bits per heavy atom. The number of hydrogen-bond acceptors (Lipinski definition) is 7. The lowest BCUT2D eigenvalue weighted by molar-refractivity contribution is 0.660. The van der Waals surface area contributed by atoms with E-state index in [9.17, 15) is 0 Å². The Kier molecular flexibility index (Phi) is 6.33. The average molecular weight is 679 g/mol. The Hall–Kier alpha value is -6.68. The number of rotatable bonds is 5. The van der Waals surface area contributed by atoms with E-state index in [1.54, 1.807) is 14.4 Å². The number of hydrogen-bond donors (Lipinski definition) is 0. The van der Waals surface area contributed by atoms with E-state index in [1.807, 2.05) is 51.5 Å². The van der Waals surface area contributed by atoms with Gasteiger partial charge in [-0.2, -0.15) is 45.0 Å². The molecule has 0 saturated carbocycles. The van der Waals surface area contributed by atoms with Crippen molar-refractivity contribution in [3.63, 3.8) is 0 Å². The molecule has 0 aliphatic heterocycles. The molecule has 9 aromatic rings. The van der Waals surface area contributed by atoms with E-state index in [1.165, 1.54) is 22.3 Å². The number of fused-ring (bicyclic) bond motifs is 6. The molecule has 6 aromatic carbocycles. The van der Waals surface area contributed by atoms with E-state index in [0.29, 0.717) is 0 Å². The molecule has 0 bridgehead atoms. The minimum Gasteiger partial charge on any atom is -0.304 e. The maximum Gasteiger partial charge on any atom is 0.137 e. The van der Waals surface area contributed by atoms with Crippen molar-refractivity contribution >= 4 is 50.2 Å². The summed E-state index contributed by atoms with van der Waals surface area (Å²) >= 11 is 0. The number of anilines is 3. The molecule has 252 valence electrons. The van der Waals surface area contributed by atoms with E-state index in [0.717, 1.165) is 72.4 Å². The fourth-order valence-electron chi connectivity index (χ4n) is 8.16. The molecular weight excluding hydrogens is 645 g/mol. The lowest BCUT2D eigenvalue weighted by Crippen LogP contribution is -2.14. The van der Waals surface area contributed by atoms with Gasteiger partial charge in [0.1, 0.15) is 33.1 Å². The van der Waals surface area contributed by atoms with Gasteiger partial charge in [0.25, 0.3) is 0 Å². The van der Waals surface area contributed by atoms with E-state index < -0.39 is 0 Å². The third-order valence-corrected chi connectivity index (χ3v) is 10.4. The predicted octanol–water partition coefficient (Wildman–Crippen LogP) is 8.64. The Labute approximate surface area is 299 Å². The highest BCUT2D eigenvalue weighted by molar-refractivity contribution is 6.10. The first-order chi connectivity index (χ1) is 25.3. The van der Waals surface area contributed by atoms with Crippen LogP contribution in [0.4, 0.5) is 17.1 Å². The van der Waals surface area contributed by atoms with Gasteiger partial charge in [0.05, 0.1) is 17.1 Å². The van der Waals surface area contributed by atoms with Crippen molar-refractivity contribution < 1.29 is 0 Å². The van der Waals surface area contributed by atoms with Gasteiger partial charge in [-0.3, -0.25) is 0 Å².